The number of rotatable bonds is 4. The van der Waals surface area contributed by atoms with Gasteiger partial charge in [0.05, 0.1) is 0 Å². The first-order valence-corrected chi connectivity index (χ1v) is 6.33. The third kappa shape index (κ3) is 3.97. The molecule has 0 fully saturated rings. The molecule has 3 heteroatoms. The maximum Gasteiger partial charge on any atom is 0.187 e. The quantitative estimate of drug-likeness (QED) is 0.653. The van der Waals surface area contributed by atoms with Crippen molar-refractivity contribution in [2.24, 2.45) is 0 Å². The van der Waals surface area contributed by atoms with Crippen molar-refractivity contribution in [3.05, 3.63) is 77.0 Å². The van der Waals surface area contributed by atoms with Gasteiger partial charge in [-0.25, -0.2) is 0 Å². The average Bonchev–Trinajstić information content (AvgIpc) is 2.40. The van der Waals surface area contributed by atoms with Gasteiger partial charge in [0.15, 0.2) is 5.78 Å². The summed E-state index contributed by atoms with van der Waals surface area (Å²) in [6, 6.07) is 16.6. The number of allylic oxidation sites excluding steroid dienone is 2. The number of para-hydroxylation sites is 1. The molecule has 0 saturated heterocycles. The summed E-state index contributed by atoms with van der Waals surface area (Å²) in [7, 11) is 0. The fraction of sp³-hybridized carbons (Fsp3) is 0.0625. The van der Waals surface area contributed by atoms with Crippen molar-refractivity contribution < 1.29 is 4.79 Å². The molecule has 0 saturated carbocycles. The first-order chi connectivity index (χ1) is 9.15. The van der Waals surface area contributed by atoms with Crippen LogP contribution in [0.15, 0.2) is 66.4 Å². The second kappa shape index (κ2) is 6.21. The molecule has 0 aromatic heterocycles. The molecule has 0 amide bonds. The van der Waals surface area contributed by atoms with E-state index in [0.717, 1.165) is 11.4 Å². The number of anilines is 1. The summed E-state index contributed by atoms with van der Waals surface area (Å²) >= 11 is 5.79. The highest BCUT2D eigenvalue weighted by Gasteiger charge is 2.03. The van der Waals surface area contributed by atoms with Crippen LogP contribution in [-0.2, 0) is 0 Å². The average molecular weight is 272 g/mol. The lowest BCUT2D eigenvalue weighted by Crippen LogP contribution is -2.01. The van der Waals surface area contributed by atoms with Crippen LogP contribution in [-0.4, -0.2) is 5.78 Å². The SMILES string of the molecule is C/C(=C/C(=O)c1ccc(Cl)cc1)Nc1ccccc1. The number of hydrogen-bond acceptors (Lipinski definition) is 2. The molecular formula is C16H14ClNO. The van der Waals surface area contributed by atoms with E-state index in [1.54, 1.807) is 30.3 Å². The molecule has 0 aliphatic heterocycles. The van der Waals surface area contributed by atoms with Gasteiger partial charge in [0.25, 0.3) is 0 Å². The predicted molar refractivity (Wildman–Crippen MR) is 79.6 cm³/mol. The van der Waals surface area contributed by atoms with E-state index in [1.807, 2.05) is 37.3 Å². The third-order valence-electron chi connectivity index (χ3n) is 2.59. The number of benzene rings is 2. The van der Waals surface area contributed by atoms with Crippen LogP contribution >= 0.6 is 11.6 Å². The first-order valence-electron chi connectivity index (χ1n) is 5.95. The predicted octanol–water partition coefficient (Wildman–Crippen LogP) is 4.54. The summed E-state index contributed by atoms with van der Waals surface area (Å²) in [5.41, 5.74) is 2.38. The van der Waals surface area contributed by atoms with E-state index in [0.29, 0.717) is 10.6 Å². The number of carbonyl (C=O) groups is 1. The molecule has 19 heavy (non-hydrogen) atoms. The molecule has 0 unspecified atom stereocenters. The smallest absolute Gasteiger partial charge is 0.187 e. The van der Waals surface area contributed by atoms with Gasteiger partial charge in [0.1, 0.15) is 0 Å². The molecule has 0 radical (unpaired) electrons. The van der Waals surface area contributed by atoms with Gasteiger partial charge in [-0.15, -0.1) is 0 Å². The van der Waals surface area contributed by atoms with Crippen molar-refractivity contribution in [3.8, 4) is 0 Å². The van der Waals surface area contributed by atoms with E-state index in [-0.39, 0.29) is 5.78 Å². The van der Waals surface area contributed by atoms with Crippen molar-refractivity contribution in [3.63, 3.8) is 0 Å². The minimum Gasteiger partial charge on any atom is -0.359 e. The van der Waals surface area contributed by atoms with Crippen LogP contribution in [0.2, 0.25) is 5.02 Å². The molecule has 2 aromatic carbocycles. The molecule has 0 spiro atoms. The molecule has 0 aliphatic rings. The zero-order valence-electron chi connectivity index (χ0n) is 10.6. The molecule has 96 valence electrons. The Labute approximate surface area is 117 Å². The zero-order valence-corrected chi connectivity index (χ0v) is 11.3. The van der Waals surface area contributed by atoms with Crippen LogP contribution in [0.4, 0.5) is 5.69 Å². The molecule has 0 atom stereocenters. The lowest BCUT2D eigenvalue weighted by Gasteiger charge is -2.06. The van der Waals surface area contributed by atoms with Gasteiger partial charge >= 0.3 is 0 Å². The first kappa shape index (κ1) is 13.4. The van der Waals surface area contributed by atoms with Gasteiger partial charge in [-0.05, 0) is 43.3 Å². The molecule has 0 aliphatic carbocycles. The van der Waals surface area contributed by atoms with E-state index in [9.17, 15) is 4.79 Å². The van der Waals surface area contributed by atoms with Crippen LogP contribution in [0.5, 0.6) is 0 Å². The molecule has 0 heterocycles. The third-order valence-corrected chi connectivity index (χ3v) is 2.84. The van der Waals surface area contributed by atoms with E-state index < -0.39 is 0 Å². The molecule has 1 N–H and O–H groups in total. The zero-order chi connectivity index (χ0) is 13.7. The number of halogens is 1. The summed E-state index contributed by atoms with van der Waals surface area (Å²) < 4.78 is 0. The molecular weight excluding hydrogens is 258 g/mol. The Kier molecular flexibility index (Phi) is 4.37. The van der Waals surface area contributed by atoms with Crippen LogP contribution in [0, 0.1) is 0 Å². The fourth-order valence-corrected chi connectivity index (χ4v) is 1.81. The highest BCUT2D eigenvalue weighted by molar-refractivity contribution is 6.30. The minimum atomic E-state index is -0.0439. The van der Waals surface area contributed by atoms with Gasteiger partial charge in [-0.3, -0.25) is 4.79 Å². The van der Waals surface area contributed by atoms with Crippen molar-refractivity contribution >= 4 is 23.1 Å². The Morgan fingerprint density at radius 3 is 2.32 bits per heavy atom. The van der Waals surface area contributed by atoms with E-state index in [2.05, 4.69) is 5.32 Å². The Balaban J connectivity index is 2.08. The summed E-state index contributed by atoms with van der Waals surface area (Å²) in [5, 5.41) is 3.79. The normalized spacial score (nSPS) is 11.2. The standard InChI is InChI=1S/C16H14ClNO/c1-12(18-15-5-3-2-4-6-15)11-16(19)13-7-9-14(17)10-8-13/h2-11,18H,1H3/b12-11-. The number of nitrogens with one attached hydrogen (secondary N) is 1. The van der Waals surface area contributed by atoms with Gasteiger partial charge in [0, 0.05) is 28.0 Å². The summed E-state index contributed by atoms with van der Waals surface area (Å²) in [5.74, 6) is -0.0439. The van der Waals surface area contributed by atoms with E-state index in [1.165, 1.54) is 0 Å². The number of carbonyl (C=O) groups excluding carboxylic acids is 1. The topological polar surface area (TPSA) is 29.1 Å². The van der Waals surface area contributed by atoms with Gasteiger partial charge in [-0.2, -0.15) is 0 Å². The largest absolute Gasteiger partial charge is 0.359 e. The van der Waals surface area contributed by atoms with Gasteiger partial charge < -0.3 is 5.32 Å². The van der Waals surface area contributed by atoms with Crippen molar-refractivity contribution in [1.29, 1.82) is 0 Å². The lowest BCUT2D eigenvalue weighted by atomic mass is 10.1. The molecule has 2 nitrogen and oxygen atoms in total. The van der Waals surface area contributed by atoms with Crippen molar-refractivity contribution in [1.82, 2.24) is 0 Å². The fourth-order valence-electron chi connectivity index (χ4n) is 1.68. The van der Waals surface area contributed by atoms with Crippen LogP contribution in [0.25, 0.3) is 0 Å². The minimum absolute atomic E-state index is 0.0439. The van der Waals surface area contributed by atoms with Crippen LogP contribution in [0.1, 0.15) is 17.3 Å². The maximum atomic E-state index is 12.0. The van der Waals surface area contributed by atoms with Crippen molar-refractivity contribution in [2.45, 2.75) is 6.92 Å². The second-order valence-corrected chi connectivity index (χ2v) is 4.63. The van der Waals surface area contributed by atoms with Gasteiger partial charge in [-0.1, -0.05) is 29.8 Å². The molecule has 2 rings (SSSR count). The Morgan fingerprint density at radius 2 is 1.68 bits per heavy atom. The maximum absolute atomic E-state index is 12.0. The lowest BCUT2D eigenvalue weighted by molar-refractivity contribution is 0.104. The summed E-state index contributed by atoms with van der Waals surface area (Å²) in [6.07, 6.45) is 1.58. The monoisotopic (exact) mass is 271 g/mol. The number of hydrogen-bond donors (Lipinski definition) is 1. The highest BCUT2D eigenvalue weighted by atomic mass is 35.5. The molecule has 0 bridgehead atoms. The Hall–Kier alpha value is -2.06. The summed E-state index contributed by atoms with van der Waals surface area (Å²) in [4.78, 5) is 12.0. The highest BCUT2D eigenvalue weighted by Crippen LogP contribution is 2.12. The van der Waals surface area contributed by atoms with Gasteiger partial charge in [0.2, 0.25) is 0 Å². The number of ketones is 1. The van der Waals surface area contributed by atoms with Crippen LogP contribution < -0.4 is 5.32 Å². The van der Waals surface area contributed by atoms with Crippen molar-refractivity contribution in [2.75, 3.05) is 5.32 Å². The Morgan fingerprint density at radius 1 is 1.05 bits per heavy atom. The Bertz CT molecular complexity index is 588. The second-order valence-electron chi connectivity index (χ2n) is 4.19. The van der Waals surface area contributed by atoms with E-state index >= 15 is 0 Å². The van der Waals surface area contributed by atoms with Crippen LogP contribution in [0.3, 0.4) is 0 Å². The van der Waals surface area contributed by atoms with E-state index in [4.69, 9.17) is 11.6 Å². The molecule has 2 aromatic rings. The summed E-state index contributed by atoms with van der Waals surface area (Å²) in [6.45, 7) is 1.86.